The monoisotopic (exact) mass is 344 g/mol. The molecule has 0 N–H and O–H groups in total. The quantitative estimate of drug-likeness (QED) is 0.855. The number of rotatable bonds is 4. The predicted octanol–water partition coefficient (Wildman–Crippen LogP) is 2.41. The molecule has 2 aliphatic rings. The number of aryl methyl sites for hydroxylation is 2. The van der Waals surface area contributed by atoms with Crippen LogP contribution in [0.5, 0.6) is 5.88 Å². The number of fused-ring (bicyclic) bond motifs is 1. The first-order valence-corrected chi connectivity index (χ1v) is 9.76. The van der Waals surface area contributed by atoms with Gasteiger partial charge in [0.05, 0.1) is 18.0 Å². The van der Waals surface area contributed by atoms with Gasteiger partial charge in [0.15, 0.2) is 0 Å². The third-order valence-corrected chi connectivity index (χ3v) is 6.53. The standard InChI is InChI=1S/C18H20N2O3S/c21-24(22,17-9-8-14-5-1-2-6-15(14)11-17)20-12-16(13-20)23-18-7-3-4-10-19-18/h3-4,7-11,16H,1-2,5-6,12-13H2. The molecule has 0 unspecified atom stereocenters. The number of ether oxygens (including phenoxy) is 1. The first-order valence-electron chi connectivity index (χ1n) is 8.32. The van der Waals surface area contributed by atoms with Crippen LogP contribution in [0.2, 0.25) is 0 Å². The van der Waals surface area contributed by atoms with Crippen molar-refractivity contribution < 1.29 is 13.2 Å². The molecule has 4 rings (SSSR count). The Morgan fingerprint density at radius 3 is 2.58 bits per heavy atom. The van der Waals surface area contributed by atoms with Gasteiger partial charge in [-0.2, -0.15) is 4.31 Å². The van der Waals surface area contributed by atoms with Crippen molar-refractivity contribution >= 4 is 10.0 Å². The SMILES string of the molecule is O=S(=O)(c1ccc2c(c1)CCCC2)N1CC(Oc2ccccn2)C1. The van der Waals surface area contributed by atoms with E-state index >= 15 is 0 Å². The molecule has 5 nitrogen and oxygen atoms in total. The zero-order chi connectivity index (χ0) is 16.6. The summed E-state index contributed by atoms with van der Waals surface area (Å²) < 4.78 is 32.7. The van der Waals surface area contributed by atoms with E-state index in [1.165, 1.54) is 21.9 Å². The Kier molecular flexibility index (Phi) is 4.02. The Labute approximate surface area is 142 Å². The lowest BCUT2D eigenvalue weighted by Crippen LogP contribution is -2.56. The molecule has 1 aliphatic carbocycles. The molecule has 2 heterocycles. The minimum absolute atomic E-state index is 0.132. The molecule has 1 aliphatic heterocycles. The van der Waals surface area contributed by atoms with E-state index in [-0.39, 0.29) is 6.10 Å². The molecule has 2 aromatic rings. The second-order valence-corrected chi connectivity index (χ2v) is 8.31. The normalized spacial score (nSPS) is 18.7. The van der Waals surface area contributed by atoms with Gasteiger partial charge in [0.2, 0.25) is 15.9 Å². The zero-order valence-electron chi connectivity index (χ0n) is 13.4. The van der Waals surface area contributed by atoms with Crippen molar-refractivity contribution in [2.45, 2.75) is 36.7 Å². The van der Waals surface area contributed by atoms with Gasteiger partial charge in [-0.05, 0) is 55.0 Å². The van der Waals surface area contributed by atoms with Gasteiger partial charge in [-0.1, -0.05) is 12.1 Å². The molecule has 1 aromatic carbocycles. The average Bonchev–Trinajstić information content (AvgIpc) is 2.58. The second-order valence-electron chi connectivity index (χ2n) is 6.37. The van der Waals surface area contributed by atoms with E-state index in [0.717, 1.165) is 19.3 Å². The Morgan fingerprint density at radius 1 is 1.04 bits per heavy atom. The van der Waals surface area contributed by atoms with Crippen molar-refractivity contribution in [1.82, 2.24) is 9.29 Å². The summed E-state index contributed by atoms with van der Waals surface area (Å²) in [6.07, 6.45) is 5.89. The maximum atomic E-state index is 12.8. The first kappa shape index (κ1) is 15.6. The van der Waals surface area contributed by atoms with Gasteiger partial charge in [0.1, 0.15) is 6.10 Å². The van der Waals surface area contributed by atoms with Crippen LogP contribution in [0.3, 0.4) is 0 Å². The summed E-state index contributed by atoms with van der Waals surface area (Å²) in [5.41, 5.74) is 2.48. The summed E-state index contributed by atoms with van der Waals surface area (Å²) in [5, 5.41) is 0. The fourth-order valence-corrected chi connectivity index (χ4v) is 4.83. The smallest absolute Gasteiger partial charge is 0.243 e. The largest absolute Gasteiger partial charge is 0.472 e. The third-order valence-electron chi connectivity index (χ3n) is 4.70. The van der Waals surface area contributed by atoms with Crippen molar-refractivity contribution in [3.8, 4) is 5.88 Å². The van der Waals surface area contributed by atoms with E-state index in [2.05, 4.69) is 4.98 Å². The average molecular weight is 344 g/mol. The highest BCUT2D eigenvalue weighted by Crippen LogP contribution is 2.28. The van der Waals surface area contributed by atoms with Gasteiger partial charge in [-0.3, -0.25) is 0 Å². The highest BCUT2D eigenvalue weighted by molar-refractivity contribution is 7.89. The minimum atomic E-state index is -3.43. The summed E-state index contributed by atoms with van der Waals surface area (Å²) >= 11 is 0. The molecule has 1 saturated heterocycles. The van der Waals surface area contributed by atoms with Crippen LogP contribution in [0, 0.1) is 0 Å². The zero-order valence-corrected chi connectivity index (χ0v) is 14.2. The lowest BCUT2D eigenvalue weighted by Gasteiger charge is -2.37. The van der Waals surface area contributed by atoms with Crippen molar-refractivity contribution in [2.24, 2.45) is 0 Å². The van der Waals surface area contributed by atoms with Crippen molar-refractivity contribution in [3.05, 3.63) is 53.7 Å². The molecule has 6 heteroatoms. The van der Waals surface area contributed by atoms with Crippen LogP contribution >= 0.6 is 0 Å². The third kappa shape index (κ3) is 2.91. The van der Waals surface area contributed by atoms with Gasteiger partial charge in [-0.15, -0.1) is 0 Å². The van der Waals surface area contributed by atoms with Crippen LogP contribution in [0.4, 0.5) is 0 Å². The lowest BCUT2D eigenvalue weighted by molar-refractivity contribution is 0.0721. The predicted molar refractivity (Wildman–Crippen MR) is 90.5 cm³/mol. The number of aromatic nitrogens is 1. The lowest BCUT2D eigenvalue weighted by atomic mass is 9.92. The van der Waals surface area contributed by atoms with Gasteiger partial charge in [0, 0.05) is 12.3 Å². The maximum absolute atomic E-state index is 12.8. The fraction of sp³-hybridized carbons (Fsp3) is 0.389. The number of hydrogen-bond donors (Lipinski definition) is 0. The van der Waals surface area contributed by atoms with E-state index in [9.17, 15) is 8.42 Å². The number of hydrogen-bond acceptors (Lipinski definition) is 4. The van der Waals surface area contributed by atoms with Gasteiger partial charge in [-0.25, -0.2) is 13.4 Å². The molecule has 0 radical (unpaired) electrons. The summed E-state index contributed by atoms with van der Waals surface area (Å²) in [6, 6.07) is 11.0. The molecule has 0 bridgehead atoms. The van der Waals surface area contributed by atoms with Gasteiger partial charge in [0.25, 0.3) is 0 Å². The van der Waals surface area contributed by atoms with Crippen LogP contribution in [0.25, 0.3) is 0 Å². The molecular weight excluding hydrogens is 324 g/mol. The van der Waals surface area contributed by atoms with Crippen LogP contribution in [-0.4, -0.2) is 36.9 Å². The Bertz CT molecular complexity index is 831. The van der Waals surface area contributed by atoms with E-state index in [4.69, 9.17) is 4.74 Å². The summed E-state index contributed by atoms with van der Waals surface area (Å²) in [7, 11) is -3.43. The molecule has 0 saturated carbocycles. The second kappa shape index (κ2) is 6.18. The van der Waals surface area contributed by atoms with Crippen LogP contribution in [0.15, 0.2) is 47.5 Å². The Balaban J connectivity index is 1.45. The van der Waals surface area contributed by atoms with Crippen molar-refractivity contribution in [3.63, 3.8) is 0 Å². The van der Waals surface area contributed by atoms with E-state index in [1.54, 1.807) is 18.3 Å². The number of sulfonamides is 1. The van der Waals surface area contributed by atoms with Gasteiger partial charge >= 0.3 is 0 Å². The van der Waals surface area contributed by atoms with E-state index in [1.807, 2.05) is 24.3 Å². The summed E-state index contributed by atoms with van der Waals surface area (Å²) in [4.78, 5) is 4.51. The highest BCUT2D eigenvalue weighted by Gasteiger charge is 2.38. The highest BCUT2D eigenvalue weighted by atomic mass is 32.2. The number of pyridine rings is 1. The van der Waals surface area contributed by atoms with Crippen molar-refractivity contribution in [1.29, 1.82) is 0 Å². The molecule has 0 spiro atoms. The van der Waals surface area contributed by atoms with Crippen LogP contribution < -0.4 is 4.74 Å². The topological polar surface area (TPSA) is 59.5 Å². The molecule has 1 fully saturated rings. The van der Waals surface area contributed by atoms with Crippen LogP contribution in [-0.2, 0) is 22.9 Å². The number of nitrogens with zero attached hydrogens (tertiary/aromatic N) is 2. The molecule has 0 atom stereocenters. The van der Waals surface area contributed by atoms with E-state index in [0.29, 0.717) is 23.9 Å². The van der Waals surface area contributed by atoms with E-state index < -0.39 is 10.0 Å². The fourth-order valence-electron chi connectivity index (χ4n) is 3.28. The summed E-state index contributed by atoms with van der Waals surface area (Å²) in [6.45, 7) is 0.742. The summed E-state index contributed by atoms with van der Waals surface area (Å²) in [5.74, 6) is 0.535. The van der Waals surface area contributed by atoms with Crippen LogP contribution in [0.1, 0.15) is 24.0 Å². The van der Waals surface area contributed by atoms with Gasteiger partial charge < -0.3 is 4.74 Å². The Hall–Kier alpha value is -1.92. The first-order chi connectivity index (χ1) is 11.6. The molecule has 1 aromatic heterocycles. The molecular formula is C18H20N2O3S. The molecule has 126 valence electrons. The molecule has 0 amide bonds. The Morgan fingerprint density at radius 2 is 1.83 bits per heavy atom. The minimum Gasteiger partial charge on any atom is -0.472 e. The molecule has 24 heavy (non-hydrogen) atoms. The maximum Gasteiger partial charge on any atom is 0.243 e. The van der Waals surface area contributed by atoms with Crippen molar-refractivity contribution in [2.75, 3.05) is 13.1 Å². The number of benzene rings is 1.